The highest BCUT2D eigenvalue weighted by Crippen LogP contribution is 2.19. The Labute approximate surface area is 79.8 Å². The van der Waals surface area contributed by atoms with Crippen LogP contribution in [0.2, 0.25) is 0 Å². The number of hydrogen-bond acceptors (Lipinski definition) is 2. The van der Waals surface area contributed by atoms with Crippen molar-refractivity contribution >= 4 is 0 Å². The quantitative estimate of drug-likeness (QED) is 0.713. The zero-order valence-corrected chi connectivity index (χ0v) is 8.44. The van der Waals surface area contributed by atoms with E-state index >= 15 is 0 Å². The van der Waals surface area contributed by atoms with Crippen LogP contribution in [0.5, 0.6) is 0 Å². The van der Waals surface area contributed by atoms with Crippen molar-refractivity contribution in [2.45, 2.75) is 19.1 Å². The molecule has 1 rings (SSSR count). The molecule has 0 aliphatic rings. The molecule has 2 nitrogen and oxygen atoms in total. The molecule has 1 aromatic rings. The summed E-state index contributed by atoms with van der Waals surface area (Å²) in [6, 6.07) is 10.1. The lowest BCUT2D eigenvalue weighted by Crippen LogP contribution is -2.32. The van der Waals surface area contributed by atoms with Gasteiger partial charge in [-0.2, -0.15) is 0 Å². The maximum Gasteiger partial charge on any atom is 0.113 e. The van der Waals surface area contributed by atoms with Crippen LogP contribution in [-0.4, -0.2) is 30.3 Å². The van der Waals surface area contributed by atoms with Crippen molar-refractivity contribution in [3.8, 4) is 0 Å². The van der Waals surface area contributed by atoms with Crippen LogP contribution < -0.4 is 0 Å². The van der Waals surface area contributed by atoms with Gasteiger partial charge in [0.1, 0.15) is 6.23 Å². The summed E-state index contributed by atoms with van der Waals surface area (Å²) < 4.78 is 0. The van der Waals surface area contributed by atoms with Gasteiger partial charge in [-0.3, -0.25) is 4.90 Å². The Hall–Kier alpha value is -0.860. The monoisotopic (exact) mass is 179 g/mol. The van der Waals surface area contributed by atoms with E-state index in [1.165, 1.54) is 5.56 Å². The highest BCUT2D eigenvalue weighted by Gasteiger charge is 2.17. The first-order valence-corrected chi connectivity index (χ1v) is 4.52. The minimum Gasteiger partial charge on any atom is -0.378 e. The van der Waals surface area contributed by atoms with Crippen molar-refractivity contribution in [3.05, 3.63) is 35.9 Å². The molecule has 0 saturated heterocycles. The van der Waals surface area contributed by atoms with Crippen molar-refractivity contribution in [1.29, 1.82) is 0 Å². The standard InChI is InChI=1S/C11H17NO/c1-9(11(13)12(2)3)10-7-5-4-6-8-10/h4-9,11,13H,1-3H3. The van der Waals surface area contributed by atoms with Gasteiger partial charge in [0.25, 0.3) is 0 Å². The molecule has 0 bridgehead atoms. The molecule has 2 unspecified atom stereocenters. The Balaban J connectivity index is 2.73. The number of likely N-dealkylation sites (N-methyl/N-ethyl adjacent to an activating group) is 1. The predicted octanol–water partition coefficient (Wildman–Crippen LogP) is 1.67. The largest absolute Gasteiger partial charge is 0.378 e. The molecule has 72 valence electrons. The van der Waals surface area contributed by atoms with Gasteiger partial charge in [-0.05, 0) is 19.7 Å². The minimum absolute atomic E-state index is 0.149. The molecular weight excluding hydrogens is 162 g/mol. The molecule has 0 saturated carbocycles. The Morgan fingerprint density at radius 2 is 1.69 bits per heavy atom. The SMILES string of the molecule is CC(c1ccccc1)C(O)N(C)C. The second kappa shape index (κ2) is 4.40. The average molecular weight is 179 g/mol. The van der Waals surface area contributed by atoms with Crippen LogP contribution in [0.4, 0.5) is 0 Å². The summed E-state index contributed by atoms with van der Waals surface area (Å²) in [6.45, 7) is 2.03. The molecule has 0 fully saturated rings. The lowest BCUT2D eigenvalue weighted by molar-refractivity contribution is 0.0213. The first-order valence-electron chi connectivity index (χ1n) is 4.52. The Morgan fingerprint density at radius 3 is 2.15 bits per heavy atom. The molecular formula is C11H17NO. The number of rotatable bonds is 3. The van der Waals surface area contributed by atoms with Gasteiger partial charge >= 0.3 is 0 Å². The van der Waals surface area contributed by atoms with E-state index in [1.54, 1.807) is 0 Å². The zero-order valence-electron chi connectivity index (χ0n) is 8.44. The summed E-state index contributed by atoms with van der Waals surface area (Å²) in [7, 11) is 3.76. The summed E-state index contributed by atoms with van der Waals surface area (Å²) >= 11 is 0. The van der Waals surface area contributed by atoms with E-state index in [9.17, 15) is 5.11 Å². The number of nitrogens with zero attached hydrogens (tertiary/aromatic N) is 1. The molecule has 1 N–H and O–H groups in total. The molecule has 1 aromatic carbocycles. The first kappa shape index (κ1) is 10.2. The topological polar surface area (TPSA) is 23.5 Å². The molecule has 0 radical (unpaired) electrons. The normalized spacial score (nSPS) is 15.8. The van der Waals surface area contributed by atoms with Crippen molar-refractivity contribution < 1.29 is 5.11 Å². The van der Waals surface area contributed by atoms with E-state index < -0.39 is 6.23 Å². The fourth-order valence-corrected chi connectivity index (χ4v) is 1.38. The van der Waals surface area contributed by atoms with E-state index in [0.29, 0.717) is 0 Å². The van der Waals surface area contributed by atoms with Crippen LogP contribution in [0.3, 0.4) is 0 Å². The maximum absolute atomic E-state index is 9.77. The van der Waals surface area contributed by atoms with Gasteiger partial charge < -0.3 is 5.11 Å². The fraction of sp³-hybridized carbons (Fsp3) is 0.455. The summed E-state index contributed by atoms with van der Waals surface area (Å²) in [6.07, 6.45) is -0.414. The van der Waals surface area contributed by atoms with Crippen molar-refractivity contribution in [3.63, 3.8) is 0 Å². The Kier molecular flexibility index (Phi) is 3.46. The molecule has 2 heteroatoms. The molecule has 0 heterocycles. The third-order valence-corrected chi connectivity index (χ3v) is 2.30. The lowest BCUT2D eigenvalue weighted by Gasteiger charge is -2.25. The van der Waals surface area contributed by atoms with Crippen LogP contribution >= 0.6 is 0 Å². The first-order chi connectivity index (χ1) is 6.13. The average Bonchev–Trinajstić information content (AvgIpc) is 2.17. The third-order valence-electron chi connectivity index (χ3n) is 2.30. The van der Waals surface area contributed by atoms with Gasteiger partial charge in [-0.25, -0.2) is 0 Å². The van der Waals surface area contributed by atoms with Crippen LogP contribution in [0.15, 0.2) is 30.3 Å². The third kappa shape index (κ3) is 2.54. The summed E-state index contributed by atoms with van der Waals surface area (Å²) in [5.74, 6) is 0.149. The van der Waals surface area contributed by atoms with E-state index in [4.69, 9.17) is 0 Å². The Bertz CT molecular complexity index is 246. The Morgan fingerprint density at radius 1 is 1.15 bits per heavy atom. The highest BCUT2D eigenvalue weighted by atomic mass is 16.3. The number of aliphatic hydroxyl groups is 1. The van der Waals surface area contributed by atoms with E-state index in [0.717, 1.165) is 0 Å². The predicted molar refractivity (Wildman–Crippen MR) is 54.6 cm³/mol. The summed E-state index contributed by atoms with van der Waals surface area (Å²) in [4.78, 5) is 1.82. The van der Waals surface area contributed by atoms with Crippen LogP contribution in [0.1, 0.15) is 18.4 Å². The summed E-state index contributed by atoms with van der Waals surface area (Å²) in [5.41, 5.74) is 1.17. The van der Waals surface area contributed by atoms with Gasteiger partial charge in [-0.1, -0.05) is 37.3 Å². The number of hydrogen-bond donors (Lipinski definition) is 1. The smallest absolute Gasteiger partial charge is 0.113 e. The summed E-state index contributed by atoms with van der Waals surface area (Å²) in [5, 5.41) is 9.77. The van der Waals surface area contributed by atoms with Gasteiger partial charge in [0.05, 0.1) is 0 Å². The molecule has 0 aromatic heterocycles. The molecule has 0 amide bonds. The zero-order chi connectivity index (χ0) is 9.84. The van der Waals surface area contributed by atoms with Gasteiger partial charge in [0, 0.05) is 5.92 Å². The van der Waals surface area contributed by atoms with Crippen LogP contribution in [0.25, 0.3) is 0 Å². The van der Waals surface area contributed by atoms with Crippen molar-refractivity contribution in [1.82, 2.24) is 4.90 Å². The number of aliphatic hydroxyl groups excluding tert-OH is 1. The van der Waals surface area contributed by atoms with Crippen LogP contribution in [-0.2, 0) is 0 Å². The second-order valence-electron chi connectivity index (χ2n) is 3.58. The second-order valence-corrected chi connectivity index (χ2v) is 3.58. The highest BCUT2D eigenvalue weighted by molar-refractivity contribution is 5.19. The van der Waals surface area contributed by atoms with Crippen LogP contribution in [0, 0.1) is 0 Å². The minimum atomic E-state index is -0.414. The number of benzene rings is 1. The van der Waals surface area contributed by atoms with Crippen molar-refractivity contribution in [2.24, 2.45) is 0 Å². The molecule has 2 atom stereocenters. The fourth-order valence-electron chi connectivity index (χ4n) is 1.38. The molecule has 0 spiro atoms. The van der Waals surface area contributed by atoms with E-state index in [-0.39, 0.29) is 5.92 Å². The van der Waals surface area contributed by atoms with Gasteiger partial charge in [-0.15, -0.1) is 0 Å². The molecule has 0 aliphatic carbocycles. The van der Waals surface area contributed by atoms with Crippen molar-refractivity contribution in [2.75, 3.05) is 14.1 Å². The van der Waals surface area contributed by atoms with E-state index in [2.05, 4.69) is 0 Å². The molecule has 13 heavy (non-hydrogen) atoms. The molecule has 0 aliphatic heterocycles. The van der Waals surface area contributed by atoms with E-state index in [1.807, 2.05) is 56.3 Å². The maximum atomic E-state index is 9.77. The lowest BCUT2D eigenvalue weighted by atomic mass is 9.99. The van der Waals surface area contributed by atoms with Gasteiger partial charge in [0.15, 0.2) is 0 Å². The van der Waals surface area contributed by atoms with Gasteiger partial charge in [0.2, 0.25) is 0 Å².